The Labute approximate surface area is 160 Å². The van der Waals surface area contributed by atoms with Gasteiger partial charge >= 0.3 is 0 Å². The molecule has 6 heteroatoms. The zero-order chi connectivity index (χ0) is 19.6. The Morgan fingerprint density at radius 2 is 1.70 bits per heavy atom. The first-order chi connectivity index (χ1) is 13.0. The molecule has 1 N–H and O–H groups in total. The molecule has 0 bridgehead atoms. The van der Waals surface area contributed by atoms with Crippen LogP contribution < -0.4 is 19.5 Å². The number of hydrogen-bond donors (Lipinski definition) is 1. The number of ether oxygens (including phenoxy) is 3. The van der Waals surface area contributed by atoms with E-state index in [2.05, 4.69) is 12.2 Å². The summed E-state index contributed by atoms with van der Waals surface area (Å²) in [6.45, 7) is 4.11. The predicted octanol–water partition coefficient (Wildman–Crippen LogP) is 4.08. The number of para-hydroxylation sites is 1. The highest BCUT2D eigenvalue weighted by Gasteiger charge is 2.38. The van der Waals surface area contributed by atoms with Crippen LogP contribution in [0.1, 0.15) is 42.4 Å². The number of nitrogens with zero attached hydrogens (tertiary/aromatic N) is 1. The minimum absolute atomic E-state index is 0.0105. The van der Waals surface area contributed by atoms with Crippen molar-refractivity contribution in [2.45, 2.75) is 32.5 Å². The highest BCUT2D eigenvalue weighted by Crippen LogP contribution is 2.44. The number of methoxy groups -OCH3 is 3. The van der Waals surface area contributed by atoms with Gasteiger partial charge in [0.05, 0.1) is 32.5 Å². The first-order valence-electron chi connectivity index (χ1n) is 9.03. The lowest BCUT2D eigenvalue weighted by Gasteiger charge is -2.42. The summed E-state index contributed by atoms with van der Waals surface area (Å²) in [5.74, 6) is 1.82. The summed E-state index contributed by atoms with van der Waals surface area (Å²) in [4.78, 5) is 15.2. The molecule has 2 aromatic rings. The van der Waals surface area contributed by atoms with E-state index in [1.54, 1.807) is 33.5 Å². The van der Waals surface area contributed by atoms with Gasteiger partial charge in [-0.2, -0.15) is 0 Å². The van der Waals surface area contributed by atoms with Crippen LogP contribution in [0.25, 0.3) is 0 Å². The third-order valence-electron chi connectivity index (χ3n) is 5.05. The molecule has 1 heterocycles. The predicted molar refractivity (Wildman–Crippen MR) is 105 cm³/mol. The van der Waals surface area contributed by atoms with Gasteiger partial charge in [0.15, 0.2) is 0 Å². The minimum atomic E-state index is -0.418. The molecule has 0 radical (unpaired) electrons. The molecule has 144 valence electrons. The maximum absolute atomic E-state index is 13.3. The smallest absolute Gasteiger partial charge is 0.258 e. The van der Waals surface area contributed by atoms with E-state index in [0.717, 1.165) is 17.7 Å². The third kappa shape index (κ3) is 3.27. The molecule has 0 fully saturated rings. The van der Waals surface area contributed by atoms with E-state index in [4.69, 9.17) is 14.2 Å². The summed E-state index contributed by atoms with van der Waals surface area (Å²) >= 11 is 0. The maximum Gasteiger partial charge on any atom is 0.258 e. The molecule has 0 aliphatic carbocycles. The quantitative estimate of drug-likeness (QED) is 0.830. The summed E-state index contributed by atoms with van der Waals surface area (Å²) in [6.07, 6.45) is 0.408. The summed E-state index contributed by atoms with van der Waals surface area (Å²) in [6, 6.07) is 11.2. The van der Waals surface area contributed by atoms with Gasteiger partial charge in [-0.3, -0.25) is 4.79 Å². The maximum atomic E-state index is 13.3. The van der Waals surface area contributed by atoms with Crippen molar-refractivity contribution in [3.63, 3.8) is 0 Å². The van der Waals surface area contributed by atoms with Crippen LogP contribution in [-0.4, -0.2) is 38.2 Å². The van der Waals surface area contributed by atoms with Gasteiger partial charge in [0, 0.05) is 23.9 Å². The Morgan fingerprint density at radius 1 is 1.07 bits per heavy atom. The SMILES string of the molecule is CC[C@@H](C)N1C(=O)c2ccccc2N[C@H]1c1c(OC)cc(OC)cc1OC. The molecule has 0 saturated carbocycles. The van der Waals surface area contributed by atoms with Gasteiger partial charge in [-0.1, -0.05) is 19.1 Å². The third-order valence-corrected chi connectivity index (χ3v) is 5.05. The van der Waals surface area contributed by atoms with E-state index in [9.17, 15) is 4.79 Å². The van der Waals surface area contributed by atoms with E-state index in [-0.39, 0.29) is 11.9 Å². The zero-order valence-corrected chi connectivity index (χ0v) is 16.4. The van der Waals surface area contributed by atoms with Crippen molar-refractivity contribution in [2.75, 3.05) is 26.6 Å². The summed E-state index contributed by atoms with van der Waals surface area (Å²) in [7, 11) is 4.80. The number of anilines is 1. The van der Waals surface area contributed by atoms with Gasteiger partial charge < -0.3 is 24.4 Å². The first kappa shape index (κ1) is 18.9. The van der Waals surface area contributed by atoms with E-state index in [1.165, 1.54) is 0 Å². The summed E-state index contributed by atoms with van der Waals surface area (Å²) < 4.78 is 16.6. The molecule has 27 heavy (non-hydrogen) atoms. The van der Waals surface area contributed by atoms with Crippen LogP contribution in [0.5, 0.6) is 17.2 Å². The van der Waals surface area contributed by atoms with Gasteiger partial charge in [0.2, 0.25) is 0 Å². The molecular formula is C21H26N2O4. The van der Waals surface area contributed by atoms with Gasteiger partial charge in [-0.05, 0) is 25.5 Å². The van der Waals surface area contributed by atoms with Crippen molar-refractivity contribution >= 4 is 11.6 Å². The largest absolute Gasteiger partial charge is 0.496 e. The molecule has 1 amide bonds. The van der Waals surface area contributed by atoms with Crippen LogP contribution in [0.3, 0.4) is 0 Å². The van der Waals surface area contributed by atoms with Gasteiger partial charge in [-0.25, -0.2) is 0 Å². The minimum Gasteiger partial charge on any atom is -0.496 e. The molecule has 0 aromatic heterocycles. The van der Waals surface area contributed by atoms with Crippen LogP contribution >= 0.6 is 0 Å². The zero-order valence-electron chi connectivity index (χ0n) is 16.4. The molecule has 0 saturated heterocycles. The molecule has 6 nitrogen and oxygen atoms in total. The Morgan fingerprint density at radius 3 is 2.26 bits per heavy atom. The fraction of sp³-hybridized carbons (Fsp3) is 0.381. The standard InChI is InChI=1S/C21H26N2O4/c1-6-13(2)23-20(22-16-10-8-7-9-15(16)21(23)24)19-17(26-4)11-14(25-3)12-18(19)27-5/h7-13,20,22H,6H2,1-5H3/t13-,20-/m1/s1. The lowest BCUT2D eigenvalue weighted by molar-refractivity contribution is 0.0588. The van der Waals surface area contributed by atoms with E-state index in [1.807, 2.05) is 36.1 Å². The normalized spacial score (nSPS) is 17.0. The van der Waals surface area contributed by atoms with Crippen LogP contribution in [0.4, 0.5) is 5.69 Å². The second-order valence-electron chi connectivity index (χ2n) is 6.51. The molecule has 1 aliphatic heterocycles. The fourth-order valence-corrected chi connectivity index (χ4v) is 3.43. The second-order valence-corrected chi connectivity index (χ2v) is 6.51. The van der Waals surface area contributed by atoms with Crippen LogP contribution in [0, 0.1) is 0 Å². The van der Waals surface area contributed by atoms with Crippen molar-refractivity contribution < 1.29 is 19.0 Å². The molecule has 0 unspecified atom stereocenters. The average molecular weight is 370 g/mol. The van der Waals surface area contributed by atoms with E-state index >= 15 is 0 Å². The van der Waals surface area contributed by atoms with Crippen molar-refractivity contribution in [3.05, 3.63) is 47.5 Å². The van der Waals surface area contributed by atoms with Crippen LogP contribution in [-0.2, 0) is 0 Å². The van der Waals surface area contributed by atoms with Crippen LogP contribution in [0.15, 0.2) is 36.4 Å². The topological polar surface area (TPSA) is 60.0 Å². The highest BCUT2D eigenvalue weighted by atomic mass is 16.5. The number of carbonyl (C=O) groups excluding carboxylic acids is 1. The number of benzene rings is 2. The average Bonchev–Trinajstić information content (AvgIpc) is 2.71. The molecule has 0 spiro atoms. The molecule has 1 aliphatic rings. The Balaban J connectivity index is 2.20. The van der Waals surface area contributed by atoms with E-state index in [0.29, 0.717) is 22.8 Å². The number of hydrogen-bond acceptors (Lipinski definition) is 5. The lowest BCUT2D eigenvalue weighted by atomic mass is 9.99. The van der Waals surface area contributed by atoms with Crippen LogP contribution in [0.2, 0.25) is 0 Å². The molecule has 3 rings (SSSR count). The summed E-state index contributed by atoms with van der Waals surface area (Å²) in [5.41, 5.74) is 2.23. The van der Waals surface area contributed by atoms with Gasteiger partial charge in [0.25, 0.3) is 5.91 Å². The van der Waals surface area contributed by atoms with Gasteiger partial charge in [-0.15, -0.1) is 0 Å². The van der Waals surface area contributed by atoms with Crippen molar-refractivity contribution in [1.29, 1.82) is 0 Å². The Bertz CT molecular complexity index is 812. The van der Waals surface area contributed by atoms with Gasteiger partial charge in [0.1, 0.15) is 23.4 Å². The number of fused-ring (bicyclic) bond motifs is 1. The Kier molecular flexibility index (Phi) is 5.44. The molecule has 2 aromatic carbocycles. The Hall–Kier alpha value is -2.89. The number of rotatable bonds is 6. The monoisotopic (exact) mass is 370 g/mol. The van der Waals surface area contributed by atoms with Crippen molar-refractivity contribution in [2.24, 2.45) is 0 Å². The molecule has 2 atom stereocenters. The number of amides is 1. The van der Waals surface area contributed by atoms with Crippen molar-refractivity contribution in [3.8, 4) is 17.2 Å². The fourth-order valence-electron chi connectivity index (χ4n) is 3.43. The van der Waals surface area contributed by atoms with Crippen molar-refractivity contribution in [1.82, 2.24) is 4.90 Å². The highest BCUT2D eigenvalue weighted by molar-refractivity contribution is 6.02. The van der Waals surface area contributed by atoms with E-state index < -0.39 is 6.17 Å². The number of nitrogens with one attached hydrogen (secondary N) is 1. The first-order valence-corrected chi connectivity index (χ1v) is 9.03. The molecular weight excluding hydrogens is 344 g/mol. The lowest BCUT2D eigenvalue weighted by Crippen LogP contribution is -2.47. The summed E-state index contributed by atoms with van der Waals surface area (Å²) in [5, 5.41) is 3.50. The number of carbonyl (C=O) groups is 1. The second kappa shape index (κ2) is 7.78.